The molecule has 4 aromatic carbocycles. The number of rotatable bonds is 3. The third kappa shape index (κ3) is 4.26. The van der Waals surface area contributed by atoms with Gasteiger partial charge in [-0.2, -0.15) is 0 Å². The van der Waals surface area contributed by atoms with E-state index in [9.17, 15) is 0 Å². The number of nitrogens with zero attached hydrogens (tertiary/aromatic N) is 2. The molecule has 0 N–H and O–H groups in total. The quantitative estimate of drug-likeness (QED) is 0.248. The fourth-order valence-corrected chi connectivity index (χ4v) is 5.36. The lowest BCUT2D eigenvalue weighted by Crippen LogP contribution is -2.25. The Morgan fingerprint density at radius 2 is 1.37 bits per heavy atom. The van der Waals surface area contributed by atoms with Crippen LogP contribution in [0.25, 0.3) is 33.4 Å². The lowest BCUT2D eigenvalue weighted by Gasteiger charge is -2.26. The number of hydrogen-bond donors (Lipinski definition) is 0. The molecule has 1 atom stereocenters. The normalized spacial score (nSPS) is 15.5. The summed E-state index contributed by atoms with van der Waals surface area (Å²) in [6.45, 7) is 13.1. The van der Waals surface area contributed by atoms with Crippen molar-refractivity contribution < 1.29 is 4.42 Å². The van der Waals surface area contributed by atoms with Gasteiger partial charge in [-0.25, -0.2) is 4.98 Å². The largest absolute Gasteiger partial charge is 0.440 e. The Morgan fingerprint density at radius 3 is 2.11 bits per heavy atom. The van der Waals surface area contributed by atoms with Gasteiger partial charge in [-0.3, -0.25) is 4.99 Å². The van der Waals surface area contributed by atoms with E-state index in [1.165, 1.54) is 28.0 Å². The molecule has 2 heterocycles. The zero-order valence-electron chi connectivity index (χ0n) is 23.0. The van der Waals surface area contributed by atoms with E-state index in [-0.39, 0.29) is 16.7 Å². The van der Waals surface area contributed by atoms with Gasteiger partial charge in [-0.1, -0.05) is 120 Å². The molecule has 0 bridgehead atoms. The first-order chi connectivity index (χ1) is 18.1. The lowest BCUT2D eigenvalue weighted by atomic mass is 9.77. The highest BCUT2D eigenvalue weighted by Crippen LogP contribution is 2.45. The van der Waals surface area contributed by atoms with Crippen LogP contribution in [-0.2, 0) is 5.41 Å². The summed E-state index contributed by atoms with van der Waals surface area (Å²) in [4.78, 5) is 9.94. The number of aromatic nitrogens is 1. The molecule has 1 aliphatic heterocycles. The van der Waals surface area contributed by atoms with Crippen molar-refractivity contribution in [1.29, 1.82) is 0 Å². The van der Waals surface area contributed by atoms with Crippen LogP contribution in [-0.4, -0.2) is 10.7 Å². The van der Waals surface area contributed by atoms with Crippen LogP contribution in [0.4, 0.5) is 5.69 Å². The molecule has 0 saturated heterocycles. The van der Waals surface area contributed by atoms with Gasteiger partial charge in [0.1, 0.15) is 5.52 Å². The molecule has 190 valence electrons. The molecule has 0 radical (unpaired) electrons. The van der Waals surface area contributed by atoms with Crippen molar-refractivity contribution in [1.82, 2.24) is 4.98 Å². The second kappa shape index (κ2) is 8.80. The molecule has 6 rings (SSSR count). The number of oxazole rings is 1. The molecule has 1 unspecified atom stereocenters. The first kappa shape index (κ1) is 24.4. The van der Waals surface area contributed by atoms with Crippen molar-refractivity contribution >= 4 is 22.5 Å². The van der Waals surface area contributed by atoms with Gasteiger partial charge in [-0.05, 0) is 39.9 Å². The smallest absolute Gasteiger partial charge is 0.200 e. The van der Waals surface area contributed by atoms with Crippen LogP contribution in [0.3, 0.4) is 0 Å². The Bertz CT molecular complexity index is 1670. The topological polar surface area (TPSA) is 38.4 Å². The molecule has 5 aromatic rings. The van der Waals surface area contributed by atoms with E-state index in [1.54, 1.807) is 0 Å². The number of fused-ring (bicyclic) bond motifs is 2. The molecule has 0 saturated carbocycles. The Morgan fingerprint density at radius 1 is 0.658 bits per heavy atom. The Labute approximate surface area is 225 Å². The minimum absolute atomic E-state index is 0.0175. The van der Waals surface area contributed by atoms with E-state index in [1.807, 2.05) is 12.1 Å². The fraction of sp³-hybridized carbons (Fsp3) is 0.257. The molecule has 3 nitrogen and oxygen atoms in total. The Balaban J connectivity index is 1.36. The monoisotopic (exact) mass is 498 g/mol. The zero-order chi connectivity index (χ0) is 26.7. The summed E-state index contributed by atoms with van der Waals surface area (Å²) in [5.74, 6) is 0.937. The lowest BCUT2D eigenvalue weighted by molar-refractivity contribution is 0.411. The minimum atomic E-state index is -0.136. The van der Waals surface area contributed by atoms with Crippen LogP contribution in [0.2, 0.25) is 0 Å². The van der Waals surface area contributed by atoms with E-state index in [0.29, 0.717) is 0 Å². The Hall–Kier alpha value is -3.98. The highest BCUT2D eigenvalue weighted by atomic mass is 16.3. The van der Waals surface area contributed by atoms with E-state index in [2.05, 4.69) is 120 Å². The van der Waals surface area contributed by atoms with Gasteiger partial charge in [0.25, 0.3) is 0 Å². The van der Waals surface area contributed by atoms with Gasteiger partial charge in [0, 0.05) is 22.1 Å². The summed E-state index contributed by atoms with van der Waals surface area (Å²) in [5, 5.41) is 0. The molecule has 0 spiro atoms. The third-order valence-electron chi connectivity index (χ3n) is 7.34. The van der Waals surface area contributed by atoms with Crippen LogP contribution in [0.1, 0.15) is 64.5 Å². The summed E-state index contributed by atoms with van der Waals surface area (Å²) in [6.07, 6.45) is 0. The third-order valence-corrected chi connectivity index (χ3v) is 7.34. The molecule has 1 aliphatic rings. The second-order valence-corrected chi connectivity index (χ2v) is 12.4. The number of hydrogen-bond acceptors (Lipinski definition) is 3. The minimum Gasteiger partial charge on any atom is -0.440 e. The van der Waals surface area contributed by atoms with Crippen molar-refractivity contribution in [2.75, 3.05) is 0 Å². The van der Waals surface area contributed by atoms with E-state index >= 15 is 0 Å². The summed E-state index contributed by atoms with van der Waals surface area (Å²) < 4.78 is 6.09. The predicted octanol–water partition coefficient (Wildman–Crippen LogP) is 9.72. The van der Waals surface area contributed by atoms with Crippen molar-refractivity contribution in [3.8, 4) is 22.3 Å². The second-order valence-electron chi connectivity index (χ2n) is 12.4. The van der Waals surface area contributed by atoms with Crippen molar-refractivity contribution in [3.05, 3.63) is 108 Å². The summed E-state index contributed by atoms with van der Waals surface area (Å²) >= 11 is 0. The van der Waals surface area contributed by atoms with Gasteiger partial charge in [0.15, 0.2) is 5.58 Å². The van der Waals surface area contributed by atoms with E-state index in [4.69, 9.17) is 14.4 Å². The average molecular weight is 499 g/mol. The van der Waals surface area contributed by atoms with Gasteiger partial charge in [0.2, 0.25) is 5.89 Å². The van der Waals surface area contributed by atoms with Crippen molar-refractivity contribution in [3.63, 3.8) is 0 Å². The molecule has 0 fully saturated rings. The van der Waals surface area contributed by atoms with Crippen LogP contribution in [0.15, 0.2) is 100 Å². The van der Waals surface area contributed by atoms with Gasteiger partial charge < -0.3 is 4.42 Å². The van der Waals surface area contributed by atoms with Gasteiger partial charge in [-0.15, -0.1) is 0 Å². The maximum absolute atomic E-state index is 6.09. The number of benzene rings is 4. The number of aliphatic imine (C=N–C) groups is 1. The van der Waals surface area contributed by atoms with E-state index < -0.39 is 0 Å². The van der Waals surface area contributed by atoms with Crippen LogP contribution in [0.5, 0.6) is 0 Å². The Kier molecular flexibility index (Phi) is 5.64. The zero-order valence-corrected chi connectivity index (χ0v) is 23.0. The molecule has 38 heavy (non-hydrogen) atoms. The SMILES string of the molecule is CC(C)(C)C1=Nc2ccccc2C1c1cccc(-c2ccc(-c3cccc4oc(C(C)(C)C)nc34)cc2)c1. The first-order valence-electron chi connectivity index (χ1n) is 13.4. The van der Waals surface area contributed by atoms with Crippen molar-refractivity contribution in [2.24, 2.45) is 10.4 Å². The molecule has 0 amide bonds. The first-order valence-corrected chi connectivity index (χ1v) is 13.4. The predicted molar refractivity (Wildman–Crippen MR) is 158 cm³/mol. The summed E-state index contributed by atoms with van der Waals surface area (Å²) in [7, 11) is 0. The summed E-state index contributed by atoms with van der Waals surface area (Å²) in [6, 6.07) is 32.4. The molecular formula is C35H34N2O. The molecule has 3 heteroatoms. The van der Waals surface area contributed by atoms with E-state index in [0.717, 1.165) is 33.8 Å². The van der Waals surface area contributed by atoms with Gasteiger partial charge in [0.05, 0.1) is 11.6 Å². The standard InChI is InChI=1S/C35H34N2O/c1-34(2,3)32-30(27-13-7-8-15-28(27)36-32)25-12-9-11-24(21-25)22-17-19-23(20-18-22)26-14-10-16-29-31(26)37-33(38-29)35(4,5)6/h7-21,30H,1-6H3. The van der Waals surface area contributed by atoms with Crippen LogP contribution >= 0.6 is 0 Å². The maximum atomic E-state index is 6.09. The average Bonchev–Trinajstić information content (AvgIpc) is 3.51. The highest BCUT2D eigenvalue weighted by molar-refractivity contribution is 6.04. The number of para-hydroxylation sites is 2. The van der Waals surface area contributed by atoms with Gasteiger partial charge >= 0.3 is 0 Å². The maximum Gasteiger partial charge on any atom is 0.200 e. The summed E-state index contributed by atoms with van der Waals surface area (Å²) in [5.41, 5.74) is 11.1. The van der Waals surface area contributed by atoms with Crippen LogP contribution < -0.4 is 0 Å². The highest BCUT2D eigenvalue weighted by Gasteiger charge is 2.35. The molecular weight excluding hydrogens is 464 g/mol. The fourth-order valence-electron chi connectivity index (χ4n) is 5.36. The molecule has 0 aliphatic carbocycles. The van der Waals surface area contributed by atoms with Crippen molar-refractivity contribution in [2.45, 2.75) is 52.9 Å². The van der Waals surface area contributed by atoms with Crippen LogP contribution in [0, 0.1) is 5.41 Å². The molecule has 1 aromatic heterocycles.